The van der Waals surface area contributed by atoms with Gasteiger partial charge in [0, 0.05) is 31.5 Å². The quantitative estimate of drug-likeness (QED) is 0.412. The predicted octanol–water partition coefficient (Wildman–Crippen LogP) is 2.79. The number of imide groups is 1. The lowest BCUT2D eigenvalue weighted by molar-refractivity contribution is -0.140. The molecule has 3 aliphatic rings. The minimum absolute atomic E-state index is 0.122. The molecule has 0 N–H and O–H groups in total. The zero-order chi connectivity index (χ0) is 21.5. The Morgan fingerprint density at radius 2 is 1.68 bits per heavy atom. The van der Waals surface area contributed by atoms with Crippen molar-refractivity contribution >= 4 is 29.4 Å². The van der Waals surface area contributed by atoms with E-state index in [2.05, 4.69) is 0 Å². The maximum absolute atomic E-state index is 13.7. The Kier molecular flexibility index (Phi) is 4.94. The monoisotopic (exact) mass is 416 g/mol. The van der Waals surface area contributed by atoms with Gasteiger partial charge in [0.1, 0.15) is 6.04 Å². The van der Waals surface area contributed by atoms with E-state index in [1.54, 1.807) is 19.2 Å². The van der Waals surface area contributed by atoms with E-state index in [4.69, 9.17) is 4.74 Å². The molecule has 2 aromatic rings. The lowest BCUT2D eigenvalue weighted by Crippen LogP contribution is -2.48. The number of anilines is 1. The molecule has 0 unspecified atom stereocenters. The topological polar surface area (TPSA) is 66.9 Å². The van der Waals surface area contributed by atoms with Crippen LogP contribution < -0.4 is 4.90 Å². The molecular weight excluding hydrogens is 392 g/mol. The van der Waals surface area contributed by atoms with Gasteiger partial charge in [-0.15, -0.1) is 0 Å². The summed E-state index contributed by atoms with van der Waals surface area (Å²) >= 11 is 0. The van der Waals surface area contributed by atoms with Gasteiger partial charge in [0.2, 0.25) is 11.8 Å². The number of para-hydroxylation sites is 1. The van der Waals surface area contributed by atoms with E-state index >= 15 is 0 Å². The van der Waals surface area contributed by atoms with E-state index in [9.17, 15) is 14.4 Å². The van der Waals surface area contributed by atoms with Crippen molar-refractivity contribution in [2.45, 2.75) is 18.5 Å². The molecule has 0 spiro atoms. The Morgan fingerprint density at radius 1 is 0.968 bits per heavy atom. The molecule has 0 bridgehead atoms. The fraction of sp³-hybridized carbons (Fsp3) is 0.320. The van der Waals surface area contributed by atoms with Crippen molar-refractivity contribution in [3.8, 4) is 0 Å². The van der Waals surface area contributed by atoms with E-state index in [1.165, 1.54) is 4.90 Å². The van der Waals surface area contributed by atoms with Crippen LogP contribution in [0.2, 0.25) is 0 Å². The third kappa shape index (κ3) is 3.01. The molecule has 6 heteroatoms. The van der Waals surface area contributed by atoms with Crippen molar-refractivity contribution in [2.24, 2.45) is 11.8 Å². The van der Waals surface area contributed by atoms with Crippen LogP contribution in [-0.2, 0) is 14.3 Å². The van der Waals surface area contributed by atoms with Gasteiger partial charge in [-0.3, -0.25) is 19.3 Å². The number of amides is 2. The second-order valence-corrected chi connectivity index (χ2v) is 8.22. The number of carbonyl (C=O) groups is 3. The molecule has 0 aromatic heterocycles. The number of likely N-dealkylation sites (tertiary alicyclic amines) is 1. The Hall–Kier alpha value is -3.25. The smallest absolute Gasteiger partial charge is 0.235 e. The molecule has 2 aromatic carbocycles. The van der Waals surface area contributed by atoms with E-state index < -0.39 is 17.9 Å². The average Bonchev–Trinajstić information content (AvgIpc) is 3.28. The summed E-state index contributed by atoms with van der Waals surface area (Å²) in [4.78, 5) is 43.9. The number of hydrogen-bond acceptors (Lipinski definition) is 5. The first-order valence-electron chi connectivity index (χ1n) is 10.6. The SMILES string of the molecule is COCCCN1C(=O)[C@@H]2[C@H](C1=O)[C@H](C(=O)c1ccccc1)N1c3ccccc3C=C[C@H]21. The summed E-state index contributed by atoms with van der Waals surface area (Å²) < 4.78 is 5.09. The highest BCUT2D eigenvalue weighted by atomic mass is 16.5. The number of hydrogen-bond donors (Lipinski definition) is 0. The van der Waals surface area contributed by atoms with Gasteiger partial charge < -0.3 is 9.64 Å². The summed E-state index contributed by atoms with van der Waals surface area (Å²) in [5.74, 6) is -1.81. The Bertz CT molecular complexity index is 1060. The van der Waals surface area contributed by atoms with Crippen molar-refractivity contribution in [2.75, 3.05) is 25.2 Å². The Labute approximate surface area is 181 Å². The Balaban J connectivity index is 1.58. The molecule has 0 aliphatic carbocycles. The van der Waals surface area contributed by atoms with Gasteiger partial charge in [-0.25, -0.2) is 0 Å². The molecule has 6 nitrogen and oxygen atoms in total. The average molecular weight is 416 g/mol. The van der Waals surface area contributed by atoms with Gasteiger partial charge in [-0.1, -0.05) is 60.7 Å². The third-order valence-electron chi connectivity index (χ3n) is 6.56. The number of ether oxygens (including phenoxy) is 1. The molecule has 31 heavy (non-hydrogen) atoms. The molecule has 5 rings (SSSR count). The molecule has 158 valence electrons. The molecular formula is C25H24N2O4. The number of rotatable bonds is 6. The largest absolute Gasteiger partial charge is 0.385 e. The number of benzene rings is 2. The maximum atomic E-state index is 13.7. The standard InChI is InChI=1S/C25H24N2O4/c1-31-15-7-14-26-24(29)20-19-13-12-16-8-5-6-11-18(16)27(19)22(21(20)25(26)30)23(28)17-9-3-2-4-10-17/h2-6,8-13,19-22H,7,14-15H2,1H3/t19-,20+,21+,22-/m1/s1. The molecule has 4 atom stereocenters. The van der Waals surface area contributed by atoms with Gasteiger partial charge in [-0.05, 0) is 18.1 Å². The Morgan fingerprint density at radius 3 is 2.45 bits per heavy atom. The van der Waals surface area contributed by atoms with Gasteiger partial charge in [0.25, 0.3) is 0 Å². The minimum atomic E-state index is -0.715. The lowest BCUT2D eigenvalue weighted by Gasteiger charge is -2.36. The molecule has 0 saturated carbocycles. The second-order valence-electron chi connectivity index (χ2n) is 8.22. The number of methoxy groups -OCH3 is 1. The summed E-state index contributed by atoms with van der Waals surface area (Å²) in [7, 11) is 1.60. The highest BCUT2D eigenvalue weighted by molar-refractivity contribution is 6.14. The first-order chi connectivity index (χ1) is 15.1. The molecule has 2 fully saturated rings. The number of Topliss-reactive ketones (excluding diaryl/α,β-unsaturated/α-hetero) is 1. The summed E-state index contributed by atoms with van der Waals surface area (Å²) in [6.45, 7) is 0.791. The van der Waals surface area contributed by atoms with Crippen LogP contribution in [0.3, 0.4) is 0 Å². The van der Waals surface area contributed by atoms with Crippen molar-refractivity contribution in [1.82, 2.24) is 4.90 Å². The lowest BCUT2D eigenvalue weighted by atomic mass is 9.86. The van der Waals surface area contributed by atoms with Crippen LogP contribution in [0.1, 0.15) is 22.3 Å². The zero-order valence-electron chi connectivity index (χ0n) is 17.3. The first-order valence-corrected chi connectivity index (χ1v) is 10.6. The fourth-order valence-electron chi connectivity index (χ4n) is 5.24. The molecule has 3 heterocycles. The molecule has 2 amide bonds. The van der Waals surface area contributed by atoms with Crippen LogP contribution in [0.15, 0.2) is 60.7 Å². The number of fused-ring (bicyclic) bond motifs is 5. The van der Waals surface area contributed by atoms with E-state index in [0.717, 1.165) is 11.3 Å². The first kappa shape index (κ1) is 19.7. The highest BCUT2D eigenvalue weighted by Gasteiger charge is 2.63. The van der Waals surface area contributed by atoms with Gasteiger partial charge >= 0.3 is 0 Å². The molecule has 0 radical (unpaired) electrons. The van der Waals surface area contributed by atoms with Crippen LogP contribution in [0.4, 0.5) is 5.69 Å². The number of carbonyl (C=O) groups excluding carboxylic acids is 3. The van der Waals surface area contributed by atoms with Crippen LogP contribution in [0, 0.1) is 11.8 Å². The second kappa shape index (κ2) is 7.78. The predicted molar refractivity (Wildman–Crippen MR) is 116 cm³/mol. The van der Waals surface area contributed by atoms with Gasteiger partial charge in [0.05, 0.1) is 17.9 Å². The molecule has 2 saturated heterocycles. The highest BCUT2D eigenvalue weighted by Crippen LogP contribution is 2.48. The fourth-order valence-corrected chi connectivity index (χ4v) is 5.24. The van der Waals surface area contributed by atoms with E-state index in [1.807, 2.05) is 59.5 Å². The van der Waals surface area contributed by atoms with Crippen LogP contribution in [0.25, 0.3) is 6.08 Å². The van der Waals surface area contributed by atoms with E-state index in [0.29, 0.717) is 25.1 Å². The van der Waals surface area contributed by atoms with Crippen molar-refractivity contribution in [3.05, 3.63) is 71.8 Å². The number of ketones is 1. The van der Waals surface area contributed by atoms with Gasteiger partial charge in [-0.2, -0.15) is 0 Å². The number of nitrogens with zero attached hydrogens (tertiary/aromatic N) is 2. The normalized spacial score (nSPS) is 26.1. The van der Waals surface area contributed by atoms with Gasteiger partial charge in [0.15, 0.2) is 5.78 Å². The van der Waals surface area contributed by atoms with Crippen LogP contribution in [0.5, 0.6) is 0 Å². The maximum Gasteiger partial charge on any atom is 0.235 e. The van der Waals surface area contributed by atoms with Crippen molar-refractivity contribution in [1.29, 1.82) is 0 Å². The van der Waals surface area contributed by atoms with Crippen LogP contribution >= 0.6 is 0 Å². The summed E-state index contributed by atoms with van der Waals surface area (Å²) in [6, 6.07) is 15.8. The summed E-state index contributed by atoms with van der Waals surface area (Å²) in [6.07, 6.45) is 4.55. The van der Waals surface area contributed by atoms with Crippen molar-refractivity contribution < 1.29 is 19.1 Å². The third-order valence-corrected chi connectivity index (χ3v) is 6.56. The van der Waals surface area contributed by atoms with Crippen LogP contribution in [-0.4, -0.2) is 54.8 Å². The minimum Gasteiger partial charge on any atom is -0.385 e. The summed E-state index contributed by atoms with van der Waals surface area (Å²) in [5, 5.41) is 0. The van der Waals surface area contributed by atoms with Crippen molar-refractivity contribution in [3.63, 3.8) is 0 Å². The van der Waals surface area contributed by atoms with E-state index in [-0.39, 0.29) is 23.6 Å². The molecule has 3 aliphatic heterocycles. The summed E-state index contributed by atoms with van der Waals surface area (Å²) in [5.41, 5.74) is 2.43. The zero-order valence-corrected chi connectivity index (χ0v) is 17.3.